The third-order valence-corrected chi connectivity index (χ3v) is 2.79. The third kappa shape index (κ3) is 2.70. The monoisotopic (exact) mass is 258 g/mol. The highest BCUT2D eigenvalue weighted by Crippen LogP contribution is 2.19. The van der Waals surface area contributed by atoms with Crippen molar-refractivity contribution >= 4 is 22.6 Å². The average molecular weight is 258 g/mol. The van der Waals surface area contributed by atoms with Crippen LogP contribution in [0, 0.1) is 6.92 Å². The molecule has 0 aliphatic heterocycles. The van der Waals surface area contributed by atoms with E-state index < -0.39 is 5.97 Å². The number of carboxylic acids is 1. The van der Waals surface area contributed by atoms with Crippen LogP contribution < -0.4 is 0 Å². The molecule has 0 fully saturated rings. The Morgan fingerprint density at radius 2 is 2.00 bits per heavy atom. The number of benzene rings is 1. The molecule has 5 heteroatoms. The van der Waals surface area contributed by atoms with Crippen molar-refractivity contribution in [2.45, 2.75) is 6.92 Å². The minimum absolute atomic E-state index is 0.291. The number of rotatable bonds is 3. The Bertz CT molecular complexity index is 652. The Balaban J connectivity index is 2.49. The molecule has 1 aromatic carbocycles. The number of aryl methyl sites for hydroxylation is 1. The van der Waals surface area contributed by atoms with Gasteiger partial charge in [0.1, 0.15) is 12.2 Å². The van der Waals surface area contributed by atoms with Crippen LogP contribution in [0.4, 0.5) is 0 Å². The maximum Gasteiger partial charge on any atom is 0.323 e. The number of amides is 1. The Morgan fingerprint density at radius 3 is 2.68 bits per heavy atom. The predicted octanol–water partition coefficient (Wildman–Crippen LogP) is 1.70. The Morgan fingerprint density at radius 1 is 1.32 bits per heavy atom. The summed E-state index contributed by atoms with van der Waals surface area (Å²) in [6.45, 7) is 1.46. The van der Waals surface area contributed by atoms with Crippen molar-refractivity contribution in [3.8, 4) is 0 Å². The van der Waals surface area contributed by atoms with Crippen LogP contribution >= 0.6 is 0 Å². The first kappa shape index (κ1) is 13.0. The van der Waals surface area contributed by atoms with E-state index in [1.54, 1.807) is 6.92 Å². The zero-order valence-electron chi connectivity index (χ0n) is 10.8. The van der Waals surface area contributed by atoms with Crippen molar-refractivity contribution in [3.05, 3.63) is 41.7 Å². The summed E-state index contributed by atoms with van der Waals surface area (Å²) in [7, 11) is 1.45. The zero-order valence-corrected chi connectivity index (χ0v) is 10.8. The van der Waals surface area contributed by atoms with Crippen LogP contribution in [-0.2, 0) is 4.79 Å². The number of carbonyl (C=O) groups excluding carboxylic acids is 1. The fourth-order valence-electron chi connectivity index (χ4n) is 1.95. The minimum Gasteiger partial charge on any atom is -0.480 e. The standard InChI is InChI=1S/C14H14N2O3/c1-9-7-10-5-3-4-6-11(10)13(15-9)14(19)16(2)8-12(17)18/h3-7H,8H2,1-2H3,(H,17,18). The number of carboxylic acid groups (broad SMARTS) is 1. The number of carbonyl (C=O) groups is 2. The zero-order chi connectivity index (χ0) is 14.0. The van der Waals surface area contributed by atoms with Gasteiger partial charge in [-0.05, 0) is 18.4 Å². The predicted molar refractivity (Wildman–Crippen MR) is 71.1 cm³/mol. The van der Waals surface area contributed by atoms with Gasteiger partial charge in [-0.15, -0.1) is 0 Å². The van der Waals surface area contributed by atoms with Crippen molar-refractivity contribution in [2.75, 3.05) is 13.6 Å². The number of aliphatic carboxylic acids is 1. The van der Waals surface area contributed by atoms with Crippen molar-refractivity contribution < 1.29 is 14.7 Å². The molecule has 2 rings (SSSR count). The average Bonchev–Trinajstić information content (AvgIpc) is 2.36. The Kier molecular flexibility index (Phi) is 3.46. The summed E-state index contributed by atoms with van der Waals surface area (Å²) in [6.07, 6.45) is 0. The molecule has 0 radical (unpaired) electrons. The van der Waals surface area contributed by atoms with Gasteiger partial charge in [0, 0.05) is 18.1 Å². The van der Waals surface area contributed by atoms with Gasteiger partial charge in [0.15, 0.2) is 0 Å². The van der Waals surface area contributed by atoms with E-state index in [0.717, 1.165) is 21.4 Å². The second-order valence-corrected chi connectivity index (χ2v) is 4.39. The van der Waals surface area contributed by atoms with Crippen LogP contribution in [0.15, 0.2) is 30.3 Å². The maximum atomic E-state index is 12.2. The second-order valence-electron chi connectivity index (χ2n) is 4.39. The lowest BCUT2D eigenvalue weighted by Crippen LogP contribution is -2.32. The molecular weight excluding hydrogens is 244 g/mol. The van der Waals surface area contributed by atoms with Crippen LogP contribution in [0.2, 0.25) is 0 Å². The highest BCUT2D eigenvalue weighted by molar-refractivity contribution is 6.05. The number of fused-ring (bicyclic) bond motifs is 1. The van der Waals surface area contributed by atoms with Crippen LogP contribution in [0.25, 0.3) is 10.8 Å². The highest BCUT2D eigenvalue weighted by Gasteiger charge is 2.18. The quantitative estimate of drug-likeness (QED) is 0.909. The van der Waals surface area contributed by atoms with Gasteiger partial charge in [-0.3, -0.25) is 9.59 Å². The first-order chi connectivity index (χ1) is 8.99. The van der Waals surface area contributed by atoms with E-state index >= 15 is 0 Å². The van der Waals surface area contributed by atoms with Crippen molar-refractivity contribution in [1.29, 1.82) is 0 Å². The molecule has 0 bridgehead atoms. The van der Waals surface area contributed by atoms with Gasteiger partial charge in [0.05, 0.1) is 0 Å². The van der Waals surface area contributed by atoms with Gasteiger partial charge in [-0.25, -0.2) is 4.98 Å². The lowest BCUT2D eigenvalue weighted by Gasteiger charge is -2.15. The molecule has 1 heterocycles. The summed E-state index contributed by atoms with van der Waals surface area (Å²) in [5.41, 5.74) is 1.02. The molecule has 5 nitrogen and oxygen atoms in total. The SMILES string of the molecule is Cc1cc2ccccc2c(C(=O)N(C)CC(=O)O)n1. The van der Waals surface area contributed by atoms with Gasteiger partial charge >= 0.3 is 5.97 Å². The summed E-state index contributed by atoms with van der Waals surface area (Å²) < 4.78 is 0. The number of hydrogen-bond acceptors (Lipinski definition) is 3. The summed E-state index contributed by atoms with van der Waals surface area (Å²) in [4.78, 5) is 28.3. The number of nitrogens with zero attached hydrogens (tertiary/aromatic N) is 2. The van der Waals surface area contributed by atoms with Crippen molar-refractivity contribution in [3.63, 3.8) is 0 Å². The van der Waals surface area contributed by atoms with E-state index in [0.29, 0.717) is 5.69 Å². The Labute approximate surface area is 110 Å². The lowest BCUT2D eigenvalue weighted by molar-refractivity contribution is -0.137. The van der Waals surface area contributed by atoms with E-state index in [1.165, 1.54) is 7.05 Å². The number of pyridine rings is 1. The van der Waals surface area contributed by atoms with Gasteiger partial charge in [0.2, 0.25) is 0 Å². The lowest BCUT2D eigenvalue weighted by atomic mass is 10.1. The molecule has 0 aliphatic carbocycles. The fraction of sp³-hybridized carbons (Fsp3) is 0.214. The molecule has 0 saturated carbocycles. The van der Waals surface area contributed by atoms with Crippen molar-refractivity contribution in [1.82, 2.24) is 9.88 Å². The molecule has 19 heavy (non-hydrogen) atoms. The number of likely N-dealkylation sites (N-methyl/N-ethyl adjacent to an activating group) is 1. The van der Waals surface area contributed by atoms with Crippen LogP contribution in [0.5, 0.6) is 0 Å². The molecule has 1 aromatic heterocycles. The molecule has 1 amide bonds. The molecule has 2 aromatic rings. The number of aromatic nitrogens is 1. The largest absolute Gasteiger partial charge is 0.480 e. The molecule has 98 valence electrons. The van der Waals surface area contributed by atoms with E-state index in [1.807, 2.05) is 30.3 Å². The molecule has 0 unspecified atom stereocenters. The van der Waals surface area contributed by atoms with E-state index in [2.05, 4.69) is 4.98 Å². The second kappa shape index (κ2) is 5.06. The summed E-state index contributed by atoms with van der Waals surface area (Å²) in [6, 6.07) is 9.31. The smallest absolute Gasteiger partial charge is 0.323 e. The summed E-state index contributed by atoms with van der Waals surface area (Å²) in [5.74, 6) is -1.44. The minimum atomic E-state index is -1.05. The molecule has 0 atom stereocenters. The molecular formula is C14H14N2O3. The summed E-state index contributed by atoms with van der Waals surface area (Å²) >= 11 is 0. The fourth-order valence-corrected chi connectivity index (χ4v) is 1.95. The van der Waals surface area contributed by atoms with Crippen LogP contribution in [-0.4, -0.2) is 40.5 Å². The highest BCUT2D eigenvalue weighted by atomic mass is 16.4. The Hall–Kier alpha value is -2.43. The maximum absolute atomic E-state index is 12.2. The topological polar surface area (TPSA) is 70.5 Å². The first-order valence-corrected chi connectivity index (χ1v) is 5.82. The van der Waals surface area contributed by atoms with Crippen molar-refractivity contribution in [2.24, 2.45) is 0 Å². The normalized spacial score (nSPS) is 10.4. The molecule has 0 saturated heterocycles. The van der Waals surface area contributed by atoms with Crippen LogP contribution in [0.3, 0.4) is 0 Å². The summed E-state index contributed by atoms with van der Waals surface area (Å²) in [5, 5.41) is 10.4. The molecule has 1 N–H and O–H groups in total. The third-order valence-electron chi connectivity index (χ3n) is 2.79. The van der Waals surface area contributed by atoms with E-state index in [-0.39, 0.29) is 12.5 Å². The number of hydrogen-bond donors (Lipinski definition) is 1. The van der Waals surface area contributed by atoms with Gasteiger partial charge in [-0.1, -0.05) is 24.3 Å². The van der Waals surface area contributed by atoms with E-state index in [9.17, 15) is 9.59 Å². The first-order valence-electron chi connectivity index (χ1n) is 5.82. The van der Waals surface area contributed by atoms with Crippen LogP contribution in [0.1, 0.15) is 16.2 Å². The van der Waals surface area contributed by atoms with Gasteiger partial charge in [0.25, 0.3) is 5.91 Å². The molecule has 0 spiro atoms. The molecule has 0 aliphatic rings. The van der Waals surface area contributed by atoms with Gasteiger partial charge in [-0.2, -0.15) is 0 Å². The van der Waals surface area contributed by atoms with E-state index in [4.69, 9.17) is 5.11 Å². The van der Waals surface area contributed by atoms with Gasteiger partial charge < -0.3 is 10.0 Å².